The van der Waals surface area contributed by atoms with E-state index in [2.05, 4.69) is 0 Å². The van der Waals surface area contributed by atoms with E-state index >= 15 is 0 Å². The fraction of sp³-hybridized carbons (Fsp3) is 0.462. The van der Waals surface area contributed by atoms with Gasteiger partial charge in [-0.1, -0.05) is 19.1 Å². The highest BCUT2D eigenvalue weighted by Crippen LogP contribution is 2.37. The van der Waals surface area contributed by atoms with Crippen LogP contribution in [0, 0.1) is 23.5 Å². The van der Waals surface area contributed by atoms with Gasteiger partial charge in [0.05, 0.1) is 0 Å². The molecule has 1 aromatic rings. The van der Waals surface area contributed by atoms with Crippen LogP contribution in [0.15, 0.2) is 18.2 Å². The number of rotatable bonds is 4. The van der Waals surface area contributed by atoms with Crippen molar-refractivity contribution in [3.63, 3.8) is 0 Å². The number of halogens is 2. The second-order valence-corrected chi connectivity index (χ2v) is 4.48. The molecule has 0 aromatic heterocycles. The van der Waals surface area contributed by atoms with Gasteiger partial charge < -0.3 is 0 Å². The lowest BCUT2D eigenvalue weighted by Gasteiger charge is -2.09. The van der Waals surface area contributed by atoms with Crippen molar-refractivity contribution in [3.05, 3.63) is 35.4 Å². The summed E-state index contributed by atoms with van der Waals surface area (Å²) in [5.41, 5.74) is 0.164. The Bertz CT molecular complexity index is 410. The Balaban J connectivity index is 2.08. The van der Waals surface area contributed by atoms with Crippen molar-refractivity contribution in [2.45, 2.75) is 26.2 Å². The van der Waals surface area contributed by atoms with Crippen LogP contribution >= 0.6 is 0 Å². The molecule has 86 valence electrons. The lowest BCUT2D eigenvalue weighted by Crippen LogP contribution is -2.16. The maximum Gasteiger partial charge on any atom is 0.162 e. The van der Waals surface area contributed by atoms with E-state index in [4.69, 9.17) is 0 Å². The van der Waals surface area contributed by atoms with Crippen molar-refractivity contribution < 1.29 is 13.6 Å². The van der Waals surface area contributed by atoms with Crippen LogP contribution in [0.5, 0.6) is 0 Å². The number of ketones is 1. The van der Waals surface area contributed by atoms with Crippen molar-refractivity contribution in [2.24, 2.45) is 11.8 Å². The lowest BCUT2D eigenvalue weighted by molar-refractivity contribution is -0.122. The molecular weight excluding hydrogens is 210 g/mol. The van der Waals surface area contributed by atoms with Crippen LogP contribution in [0.1, 0.15) is 25.3 Å². The Labute approximate surface area is 93.5 Å². The summed E-state index contributed by atoms with van der Waals surface area (Å²) in [7, 11) is 0. The van der Waals surface area contributed by atoms with Gasteiger partial charge in [-0.15, -0.1) is 0 Å². The second-order valence-electron chi connectivity index (χ2n) is 4.48. The van der Waals surface area contributed by atoms with Gasteiger partial charge in [-0.2, -0.15) is 0 Å². The smallest absolute Gasteiger partial charge is 0.162 e. The van der Waals surface area contributed by atoms with E-state index in [-0.39, 0.29) is 23.7 Å². The van der Waals surface area contributed by atoms with E-state index in [1.54, 1.807) is 0 Å². The van der Waals surface area contributed by atoms with Crippen LogP contribution in [0.3, 0.4) is 0 Å². The molecule has 1 saturated carbocycles. The first-order valence-electron chi connectivity index (χ1n) is 5.55. The Kier molecular flexibility index (Phi) is 3.03. The van der Waals surface area contributed by atoms with Crippen molar-refractivity contribution in [1.29, 1.82) is 0 Å². The van der Waals surface area contributed by atoms with Crippen LogP contribution < -0.4 is 0 Å². The molecule has 0 saturated heterocycles. The molecule has 1 atom stereocenters. The zero-order valence-corrected chi connectivity index (χ0v) is 9.17. The van der Waals surface area contributed by atoms with Gasteiger partial charge in [0.1, 0.15) is 5.78 Å². The van der Waals surface area contributed by atoms with Gasteiger partial charge in [0, 0.05) is 12.3 Å². The zero-order chi connectivity index (χ0) is 11.7. The number of Topliss-reactive ketones (excluding diaryl/α,β-unsaturated/α-hetero) is 1. The van der Waals surface area contributed by atoms with E-state index < -0.39 is 11.6 Å². The van der Waals surface area contributed by atoms with Crippen LogP contribution in [0.2, 0.25) is 0 Å². The number of carbonyl (C=O) groups is 1. The molecule has 0 amide bonds. The van der Waals surface area contributed by atoms with E-state index in [1.165, 1.54) is 12.1 Å². The Hall–Kier alpha value is -1.25. The highest BCUT2D eigenvalue weighted by Gasteiger charge is 2.32. The van der Waals surface area contributed by atoms with Crippen LogP contribution in [0.25, 0.3) is 0 Å². The first-order chi connectivity index (χ1) is 7.59. The molecule has 0 N–H and O–H groups in total. The molecule has 0 aliphatic heterocycles. The number of carbonyl (C=O) groups excluding carboxylic acids is 1. The molecule has 1 nitrogen and oxygen atoms in total. The predicted octanol–water partition coefficient (Wildman–Crippen LogP) is 3.12. The largest absolute Gasteiger partial charge is 0.299 e. The number of benzene rings is 1. The number of hydrogen-bond acceptors (Lipinski definition) is 1. The summed E-state index contributed by atoms with van der Waals surface area (Å²) < 4.78 is 26.2. The molecule has 2 rings (SSSR count). The van der Waals surface area contributed by atoms with Crippen molar-refractivity contribution in [1.82, 2.24) is 0 Å². The van der Waals surface area contributed by atoms with E-state index in [0.717, 1.165) is 18.9 Å². The SMILES string of the molecule is CC(C(=O)Cc1cccc(F)c1F)C1CC1. The molecule has 0 heterocycles. The molecule has 0 spiro atoms. The summed E-state index contributed by atoms with van der Waals surface area (Å²) in [6, 6.07) is 3.96. The van der Waals surface area contributed by atoms with E-state index in [9.17, 15) is 13.6 Å². The summed E-state index contributed by atoms with van der Waals surface area (Å²) in [5.74, 6) is -1.33. The fourth-order valence-corrected chi connectivity index (χ4v) is 1.89. The standard InChI is InChI=1S/C13H14F2O/c1-8(9-5-6-9)12(16)7-10-3-2-4-11(14)13(10)15/h2-4,8-9H,5-7H2,1H3. The highest BCUT2D eigenvalue weighted by molar-refractivity contribution is 5.83. The second kappa shape index (κ2) is 4.32. The predicted molar refractivity (Wildman–Crippen MR) is 57.0 cm³/mol. The van der Waals surface area contributed by atoms with Gasteiger partial charge in [-0.3, -0.25) is 4.79 Å². The normalized spacial score (nSPS) is 17.2. The molecule has 16 heavy (non-hydrogen) atoms. The van der Waals surface area contributed by atoms with E-state index in [0.29, 0.717) is 5.92 Å². The molecule has 1 fully saturated rings. The molecule has 0 bridgehead atoms. The van der Waals surface area contributed by atoms with Crippen LogP contribution in [0.4, 0.5) is 8.78 Å². The maximum absolute atomic E-state index is 13.3. The van der Waals surface area contributed by atoms with Gasteiger partial charge in [0.25, 0.3) is 0 Å². The highest BCUT2D eigenvalue weighted by atomic mass is 19.2. The topological polar surface area (TPSA) is 17.1 Å². The molecular formula is C13H14F2O. The van der Waals surface area contributed by atoms with Gasteiger partial charge in [0.15, 0.2) is 11.6 Å². The average Bonchev–Trinajstić information content (AvgIpc) is 3.07. The molecule has 1 aliphatic carbocycles. The summed E-state index contributed by atoms with van der Waals surface area (Å²) in [6.07, 6.45) is 2.17. The summed E-state index contributed by atoms with van der Waals surface area (Å²) >= 11 is 0. The minimum atomic E-state index is -0.890. The quantitative estimate of drug-likeness (QED) is 0.768. The Morgan fingerprint density at radius 2 is 2.12 bits per heavy atom. The molecule has 1 unspecified atom stereocenters. The minimum absolute atomic E-state index is 0.00125. The molecule has 3 heteroatoms. The fourth-order valence-electron chi connectivity index (χ4n) is 1.89. The van der Waals surface area contributed by atoms with E-state index in [1.807, 2.05) is 6.92 Å². The van der Waals surface area contributed by atoms with Gasteiger partial charge in [0.2, 0.25) is 0 Å². The third-order valence-corrected chi connectivity index (χ3v) is 3.23. The average molecular weight is 224 g/mol. The van der Waals surface area contributed by atoms with Crippen molar-refractivity contribution in [2.75, 3.05) is 0 Å². The van der Waals surface area contributed by atoms with Crippen molar-refractivity contribution in [3.8, 4) is 0 Å². The first-order valence-corrected chi connectivity index (χ1v) is 5.55. The molecule has 1 aliphatic rings. The first kappa shape index (κ1) is 11.2. The monoisotopic (exact) mass is 224 g/mol. The Morgan fingerprint density at radius 3 is 2.75 bits per heavy atom. The van der Waals surface area contributed by atoms with Crippen LogP contribution in [-0.2, 0) is 11.2 Å². The summed E-state index contributed by atoms with van der Waals surface area (Å²) in [5, 5.41) is 0. The zero-order valence-electron chi connectivity index (χ0n) is 9.17. The van der Waals surface area contributed by atoms with Crippen molar-refractivity contribution >= 4 is 5.78 Å². The van der Waals surface area contributed by atoms with Gasteiger partial charge >= 0.3 is 0 Å². The van der Waals surface area contributed by atoms with Gasteiger partial charge in [-0.05, 0) is 30.4 Å². The number of hydrogen-bond donors (Lipinski definition) is 0. The third-order valence-electron chi connectivity index (χ3n) is 3.23. The summed E-state index contributed by atoms with van der Waals surface area (Å²) in [6.45, 7) is 1.87. The summed E-state index contributed by atoms with van der Waals surface area (Å²) in [4.78, 5) is 11.8. The maximum atomic E-state index is 13.3. The lowest BCUT2D eigenvalue weighted by atomic mass is 9.95. The van der Waals surface area contributed by atoms with Crippen LogP contribution in [-0.4, -0.2) is 5.78 Å². The Morgan fingerprint density at radius 1 is 1.44 bits per heavy atom. The molecule has 1 aromatic carbocycles. The minimum Gasteiger partial charge on any atom is -0.299 e. The van der Waals surface area contributed by atoms with Gasteiger partial charge in [-0.25, -0.2) is 8.78 Å². The third kappa shape index (κ3) is 2.29. The molecule has 0 radical (unpaired) electrons.